The number of carboxylic acids is 1. The molecule has 9 heteroatoms. The molecule has 0 radical (unpaired) electrons. The van der Waals surface area contributed by atoms with E-state index in [9.17, 15) is 14.0 Å². The van der Waals surface area contributed by atoms with Crippen molar-refractivity contribution < 1.29 is 19.1 Å². The number of nitrogens with zero attached hydrogens (tertiary/aromatic N) is 4. The van der Waals surface area contributed by atoms with Crippen molar-refractivity contribution in [2.45, 2.75) is 26.9 Å². The highest BCUT2D eigenvalue weighted by atomic mass is 19.1. The Hall–Kier alpha value is -3.49. The number of aryl methyl sites for hydroxylation is 1. The van der Waals surface area contributed by atoms with Crippen LogP contribution in [0.3, 0.4) is 0 Å². The van der Waals surface area contributed by atoms with Crippen molar-refractivity contribution in [3.8, 4) is 0 Å². The van der Waals surface area contributed by atoms with Crippen molar-refractivity contribution in [2.75, 3.05) is 5.32 Å². The number of carbonyl (C=O) groups excluding carboxylic acids is 1. The third-order valence-electron chi connectivity index (χ3n) is 4.10. The molecule has 0 bridgehead atoms. The highest BCUT2D eigenvalue weighted by molar-refractivity contribution is 6.03. The first-order valence-electron chi connectivity index (χ1n) is 8.18. The Kier molecular flexibility index (Phi) is 5.02. The Labute approximate surface area is 154 Å². The molecule has 1 amide bonds. The maximum absolute atomic E-state index is 13.0. The molecular weight excluding hydrogens is 353 g/mol. The lowest BCUT2D eigenvalue weighted by atomic mass is 10.2. The summed E-state index contributed by atoms with van der Waals surface area (Å²) in [5, 5.41) is 20.0. The van der Waals surface area contributed by atoms with Gasteiger partial charge in [0.1, 0.15) is 18.1 Å². The fraction of sp³-hybridized carbons (Fsp3) is 0.222. The van der Waals surface area contributed by atoms with Gasteiger partial charge in [-0.15, -0.1) is 0 Å². The molecule has 0 aliphatic heterocycles. The molecule has 2 N–H and O–H groups in total. The Bertz CT molecular complexity index is 991. The molecular formula is C18H18FN5O3. The number of hydrogen-bond donors (Lipinski definition) is 2. The molecule has 3 aromatic rings. The highest BCUT2D eigenvalue weighted by Crippen LogP contribution is 2.21. The Morgan fingerprint density at radius 3 is 2.52 bits per heavy atom. The average molecular weight is 371 g/mol. The second-order valence-corrected chi connectivity index (χ2v) is 6.05. The fourth-order valence-electron chi connectivity index (χ4n) is 2.75. The van der Waals surface area contributed by atoms with Crippen LogP contribution < -0.4 is 5.32 Å². The second kappa shape index (κ2) is 7.40. The zero-order valence-electron chi connectivity index (χ0n) is 14.8. The summed E-state index contributed by atoms with van der Waals surface area (Å²) >= 11 is 0. The highest BCUT2D eigenvalue weighted by Gasteiger charge is 2.19. The maximum Gasteiger partial charge on any atom is 0.325 e. The van der Waals surface area contributed by atoms with Crippen LogP contribution in [-0.2, 0) is 17.9 Å². The minimum Gasteiger partial charge on any atom is -0.480 e. The molecule has 0 aliphatic rings. The van der Waals surface area contributed by atoms with E-state index < -0.39 is 18.4 Å². The van der Waals surface area contributed by atoms with E-state index in [4.69, 9.17) is 5.11 Å². The van der Waals surface area contributed by atoms with Gasteiger partial charge in [0, 0.05) is 6.20 Å². The van der Waals surface area contributed by atoms with Gasteiger partial charge in [0.15, 0.2) is 0 Å². The van der Waals surface area contributed by atoms with Crippen LogP contribution in [0.4, 0.5) is 10.1 Å². The third-order valence-corrected chi connectivity index (χ3v) is 4.10. The lowest BCUT2D eigenvalue weighted by Crippen LogP contribution is -2.21. The number of amides is 1. The summed E-state index contributed by atoms with van der Waals surface area (Å²) in [6.45, 7) is 3.60. The SMILES string of the molecule is Cc1nn(Cc2ccc(F)cc2)c(C)c1NC(=O)c1ccnn1CC(=O)O. The molecule has 0 saturated heterocycles. The van der Waals surface area contributed by atoms with E-state index in [0.29, 0.717) is 17.9 Å². The monoisotopic (exact) mass is 371 g/mol. The molecule has 0 unspecified atom stereocenters. The quantitative estimate of drug-likeness (QED) is 0.692. The van der Waals surface area contributed by atoms with E-state index >= 15 is 0 Å². The summed E-state index contributed by atoms with van der Waals surface area (Å²) in [6, 6.07) is 7.56. The van der Waals surface area contributed by atoms with Crippen molar-refractivity contribution in [3.63, 3.8) is 0 Å². The summed E-state index contributed by atoms with van der Waals surface area (Å²) in [5.74, 6) is -1.87. The van der Waals surface area contributed by atoms with E-state index in [0.717, 1.165) is 15.9 Å². The molecule has 140 valence electrons. The predicted molar refractivity (Wildman–Crippen MR) is 95.0 cm³/mol. The molecule has 0 aliphatic carbocycles. The normalized spacial score (nSPS) is 10.8. The number of halogens is 1. The fourth-order valence-corrected chi connectivity index (χ4v) is 2.75. The number of rotatable bonds is 6. The molecule has 1 aromatic carbocycles. The van der Waals surface area contributed by atoms with Crippen LogP contribution in [0, 0.1) is 19.7 Å². The number of aliphatic carboxylic acids is 1. The lowest BCUT2D eigenvalue weighted by Gasteiger charge is -2.08. The first kappa shape index (κ1) is 18.3. The van der Waals surface area contributed by atoms with Crippen LogP contribution in [0.15, 0.2) is 36.5 Å². The van der Waals surface area contributed by atoms with Crippen LogP contribution in [-0.4, -0.2) is 36.5 Å². The summed E-state index contributed by atoms with van der Waals surface area (Å²) in [5.41, 5.74) is 2.91. The number of hydrogen-bond acceptors (Lipinski definition) is 4. The number of nitrogens with one attached hydrogen (secondary N) is 1. The summed E-state index contributed by atoms with van der Waals surface area (Å²) in [7, 11) is 0. The zero-order valence-corrected chi connectivity index (χ0v) is 14.8. The van der Waals surface area contributed by atoms with Gasteiger partial charge in [-0.1, -0.05) is 12.1 Å². The molecule has 3 rings (SSSR count). The summed E-state index contributed by atoms with van der Waals surface area (Å²) in [4.78, 5) is 23.4. The Morgan fingerprint density at radius 1 is 1.15 bits per heavy atom. The average Bonchev–Trinajstić information content (AvgIpc) is 3.16. The van der Waals surface area contributed by atoms with Gasteiger partial charge in [-0.2, -0.15) is 10.2 Å². The number of anilines is 1. The van der Waals surface area contributed by atoms with Gasteiger partial charge in [0.25, 0.3) is 5.91 Å². The molecule has 0 spiro atoms. The third kappa shape index (κ3) is 4.02. The standard InChI is InChI=1S/C18H18FN5O3/c1-11-17(21-18(27)15-7-8-20-24(15)10-16(25)26)12(2)23(22-11)9-13-3-5-14(19)6-4-13/h3-8H,9-10H2,1-2H3,(H,21,27)(H,25,26). The van der Waals surface area contributed by atoms with Gasteiger partial charge in [0.05, 0.1) is 23.6 Å². The largest absolute Gasteiger partial charge is 0.480 e. The van der Waals surface area contributed by atoms with Gasteiger partial charge in [-0.3, -0.25) is 14.3 Å². The minimum atomic E-state index is -1.09. The molecule has 8 nitrogen and oxygen atoms in total. The van der Waals surface area contributed by atoms with Crippen LogP contribution >= 0.6 is 0 Å². The minimum absolute atomic E-state index is 0.141. The molecule has 0 atom stereocenters. The first-order valence-corrected chi connectivity index (χ1v) is 8.18. The first-order chi connectivity index (χ1) is 12.8. The van der Waals surface area contributed by atoms with Gasteiger partial charge in [0.2, 0.25) is 0 Å². The van der Waals surface area contributed by atoms with E-state index in [1.165, 1.54) is 24.4 Å². The number of benzene rings is 1. The summed E-state index contributed by atoms with van der Waals surface area (Å²) in [6.07, 6.45) is 1.37. The van der Waals surface area contributed by atoms with E-state index in [2.05, 4.69) is 15.5 Å². The van der Waals surface area contributed by atoms with Crippen LogP contribution in [0.25, 0.3) is 0 Å². The molecule has 0 fully saturated rings. The smallest absolute Gasteiger partial charge is 0.325 e. The Balaban J connectivity index is 1.80. The zero-order chi connectivity index (χ0) is 19.6. The molecule has 27 heavy (non-hydrogen) atoms. The van der Waals surface area contributed by atoms with Gasteiger partial charge >= 0.3 is 5.97 Å². The van der Waals surface area contributed by atoms with Crippen molar-refractivity contribution in [1.82, 2.24) is 19.6 Å². The van der Waals surface area contributed by atoms with Crippen molar-refractivity contribution >= 4 is 17.6 Å². The van der Waals surface area contributed by atoms with Gasteiger partial charge in [-0.05, 0) is 37.6 Å². The van der Waals surface area contributed by atoms with Crippen LogP contribution in [0.2, 0.25) is 0 Å². The molecule has 2 heterocycles. The van der Waals surface area contributed by atoms with Crippen molar-refractivity contribution in [2.24, 2.45) is 0 Å². The topological polar surface area (TPSA) is 102 Å². The van der Waals surface area contributed by atoms with Crippen LogP contribution in [0.5, 0.6) is 0 Å². The van der Waals surface area contributed by atoms with Crippen molar-refractivity contribution in [3.05, 3.63) is 65.0 Å². The lowest BCUT2D eigenvalue weighted by molar-refractivity contribution is -0.137. The van der Waals surface area contributed by atoms with Crippen LogP contribution in [0.1, 0.15) is 27.4 Å². The Morgan fingerprint density at radius 2 is 1.85 bits per heavy atom. The number of aromatic nitrogens is 4. The molecule has 2 aromatic heterocycles. The molecule has 0 saturated carbocycles. The number of carboxylic acid groups (broad SMARTS) is 1. The number of carbonyl (C=O) groups is 2. The van der Waals surface area contributed by atoms with E-state index in [-0.39, 0.29) is 11.5 Å². The van der Waals surface area contributed by atoms with E-state index in [1.54, 1.807) is 23.7 Å². The van der Waals surface area contributed by atoms with Gasteiger partial charge < -0.3 is 10.4 Å². The summed E-state index contributed by atoms with van der Waals surface area (Å²) < 4.78 is 15.9. The predicted octanol–water partition coefficient (Wildman–Crippen LogP) is 2.22. The van der Waals surface area contributed by atoms with E-state index in [1.807, 2.05) is 6.92 Å². The van der Waals surface area contributed by atoms with Crippen molar-refractivity contribution in [1.29, 1.82) is 0 Å². The second-order valence-electron chi connectivity index (χ2n) is 6.05. The van der Waals surface area contributed by atoms with Gasteiger partial charge in [-0.25, -0.2) is 9.07 Å². The maximum atomic E-state index is 13.0.